The van der Waals surface area contributed by atoms with Crippen molar-refractivity contribution in [2.24, 2.45) is 0 Å². The number of amides is 1. The first-order valence-electron chi connectivity index (χ1n) is 7.13. The minimum atomic E-state index is -0.676. The predicted octanol–water partition coefficient (Wildman–Crippen LogP) is 1.10. The van der Waals surface area contributed by atoms with Crippen molar-refractivity contribution in [1.29, 1.82) is 0 Å². The summed E-state index contributed by atoms with van der Waals surface area (Å²) in [6, 6.07) is 5.51. The van der Waals surface area contributed by atoms with E-state index < -0.39 is 6.10 Å². The molecule has 0 unspecified atom stereocenters. The van der Waals surface area contributed by atoms with E-state index in [-0.39, 0.29) is 19.1 Å². The highest BCUT2D eigenvalue weighted by Crippen LogP contribution is 2.25. The Morgan fingerprint density at radius 3 is 2.59 bits per heavy atom. The number of aryl methyl sites for hydroxylation is 1. The van der Waals surface area contributed by atoms with Gasteiger partial charge in [0.1, 0.15) is 11.5 Å². The molecule has 1 amide bonds. The summed E-state index contributed by atoms with van der Waals surface area (Å²) in [5.41, 5.74) is 0.918. The van der Waals surface area contributed by atoms with E-state index in [0.717, 1.165) is 17.1 Å². The van der Waals surface area contributed by atoms with Crippen LogP contribution < -0.4 is 9.47 Å². The number of carbonyl (C=O) groups excluding carboxylic acids is 1. The lowest BCUT2D eigenvalue weighted by Crippen LogP contribution is -2.36. The molecule has 6 nitrogen and oxygen atoms in total. The third kappa shape index (κ3) is 5.54. The van der Waals surface area contributed by atoms with Gasteiger partial charge in [0, 0.05) is 27.1 Å². The van der Waals surface area contributed by atoms with Gasteiger partial charge in [0.15, 0.2) is 0 Å². The van der Waals surface area contributed by atoms with Crippen molar-refractivity contribution in [3.05, 3.63) is 23.8 Å². The summed E-state index contributed by atoms with van der Waals surface area (Å²) in [5.74, 6) is 1.42. The summed E-state index contributed by atoms with van der Waals surface area (Å²) in [4.78, 5) is 13.6. The highest BCUT2D eigenvalue weighted by atomic mass is 16.5. The van der Waals surface area contributed by atoms with Crippen LogP contribution in [0.1, 0.15) is 12.0 Å². The number of hydrogen-bond donors (Lipinski definition) is 1. The highest BCUT2D eigenvalue weighted by molar-refractivity contribution is 5.76. The Bertz CT molecular complexity index is 478. The van der Waals surface area contributed by atoms with E-state index in [1.165, 1.54) is 12.0 Å². The second-order valence-corrected chi connectivity index (χ2v) is 5.06. The van der Waals surface area contributed by atoms with Gasteiger partial charge in [0.2, 0.25) is 5.91 Å². The molecule has 0 aliphatic carbocycles. The molecule has 124 valence electrons. The zero-order valence-electron chi connectivity index (χ0n) is 13.7. The van der Waals surface area contributed by atoms with Gasteiger partial charge < -0.3 is 24.2 Å². The fourth-order valence-electron chi connectivity index (χ4n) is 2.17. The Morgan fingerprint density at radius 2 is 2.00 bits per heavy atom. The molecule has 0 saturated heterocycles. The number of nitrogens with zero attached hydrogens (tertiary/aromatic N) is 1. The maximum absolute atomic E-state index is 12.1. The largest absolute Gasteiger partial charge is 0.497 e. The first kappa shape index (κ1) is 18.3. The van der Waals surface area contributed by atoms with Crippen molar-refractivity contribution in [3.63, 3.8) is 0 Å². The number of aliphatic hydroxyl groups is 1. The predicted molar refractivity (Wildman–Crippen MR) is 83.4 cm³/mol. The highest BCUT2D eigenvalue weighted by Gasteiger charge is 2.15. The zero-order chi connectivity index (χ0) is 16.5. The molecule has 22 heavy (non-hydrogen) atoms. The molecule has 1 N–H and O–H groups in total. The van der Waals surface area contributed by atoms with Crippen molar-refractivity contribution in [3.8, 4) is 11.5 Å². The lowest BCUT2D eigenvalue weighted by atomic mass is 10.1. The first-order chi connectivity index (χ1) is 10.5. The average Bonchev–Trinajstić information content (AvgIpc) is 2.52. The standard InChI is InChI=1S/C16H25NO5/c1-17(10-13(18)11-20-2)16(19)8-5-12-9-14(21-3)6-7-15(12)22-4/h6-7,9,13,18H,5,8,10-11H2,1-4H3/t13-/m0/s1. The first-order valence-corrected chi connectivity index (χ1v) is 7.13. The molecule has 0 aromatic heterocycles. The molecule has 0 spiro atoms. The van der Waals surface area contributed by atoms with Crippen LogP contribution in [0, 0.1) is 0 Å². The fraction of sp³-hybridized carbons (Fsp3) is 0.562. The van der Waals surface area contributed by atoms with Crippen molar-refractivity contribution in [1.82, 2.24) is 4.90 Å². The van der Waals surface area contributed by atoms with Crippen LogP contribution in [0.4, 0.5) is 0 Å². The van der Waals surface area contributed by atoms with Crippen LogP contribution in [0.3, 0.4) is 0 Å². The quantitative estimate of drug-likeness (QED) is 0.740. The molecule has 6 heteroatoms. The third-order valence-corrected chi connectivity index (χ3v) is 3.37. The Kier molecular flexibility index (Phi) is 7.70. The molecule has 1 atom stereocenters. The van der Waals surface area contributed by atoms with Gasteiger partial charge in [-0.3, -0.25) is 4.79 Å². The molecule has 0 radical (unpaired) electrons. The van der Waals surface area contributed by atoms with Crippen LogP contribution in [-0.4, -0.2) is 63.5 Å². The van der Waals surface area contributed by atoms with Crippen molar-refractivity contribution in [2.75, 3.05) is 41.5 Å². The molecule has 0 bridgehead atoms. The molecule has 1 aromatic rings. The van der Waals surface area contributed by atoms with E-state index in [9.17, 15) is 9.90 Å². The van der Waals surface area contributed by atoms with Crippen LogP contribution in [0.25, 0.3) is 0 Å². The number of ether oxygens (including phenoxy) is 3. The van der Waals surface area contributed by atoms with Gasteiger partial charge in [-0.2, -0.15) is 0 Å². The number of rotatable bonds is 9. The van der Waals surface area contributed by atoms with Gasteiger partial charge in [-0.25, -0.2) is 0 Å². The number of aliphatic hydroxyl groups excluding tert-OH is 1. The topological polar surface area (TPSA) is 68.2 Å². The summed E-state index contributed by atoms with van der Waals surface area (Å²) in [6.07, 6.45) is 0.203. The van der Waals surface area contributed by atoms with Crippen LogP contribution >= 0.6 is 0 Å². The van der Waals surface area contributed by atoms with E-state index in [1.807, 2.05) is 18.2 Å². The third-order valence-electron chi connectivity index (χ3n) is 3.37. The maximum Gasteiger partial charge on any atom is 0.222 e. The smallest absolute Gasteiger partial charge is 0.222 e. The normalized spacial score (nSPS) is 11.9. The average molecular weight is 311 g/mol. The van der Waals surface area contributed by atoms with Crippen molar-refractivity contribution in [2.45, 2.75) is 18.9 Å². The molecule has 0 aliphatic rings. The van der Waals surface area contributed by atoms with Gasteiger partial charge in [0.25, 0.3) is 0 Å². The van der Waals surface area contributed by atoms with E-state index >= 15 is 0 Å². The number of benzene rings is 1. The number of carbonyl (C=O) groups is 1. The monoisotopic (exact) mass is 311 g/mol. The van der Waals surface area contributed by atoms with Gasteiger partial charge >= 0.3 is 0 Å². The fourth-order valence-corrected chi connectivity index (χ4v) is 2.17. The maximum atomic E-state index is 12.1. The SMILES string of the molecule is COC[C@@H](O)CN(C)C(=O)CCc1cc(OC)ccc1OC. The second-order valence-electron chi connectivity index (χ2n) is 5.06. The second kappa shape index (κ2) is 9.27. The molecule has 0 aliphatic heterocycles. The van der Waals surface area contributed by atoms with Crippen LogP contribution in [0.2, 0.25) is 0 Å². The summed E-state index contributed by atoms with van der Waals surface area (Å²) in [6.45, 7) is 0.462. The van der Waals surface area contributed by atoms with E-state index in [0.29, 0.717) is 12.8 Å². The molecular weight excluding hydrogens is 286 g/mol. The van der Waals surface area contributed by atoms with Gasteiger partial charge in [-0.1, -0.05) is 0 Å². The Hall–Kier alpha value is -1.79. The van der Waals surface area contributed by atoms with E-state index in [2.05, 4.69) is 0 Å². The van der Waals surface area contributed by atoms with Gasteiger partial charge in [-0.15, -0.1) is 0 Å². The van der Waals surface area contributed by atoms with Crippen molar-refractivity contribution < 1.29 is 24.1 Å². The molecule has 1 aromatic carbocycles. The molecule has 0 fully saturated rings. The Balaban J connectivity index is 2.59. The zero-order valence-corrected chi connectivity index (χ0v) is 13.7. The summed E-state index contributed by atoms with van der Waals surface area (Å²) in [5, 5.41) is 9.65. The van der Waals surface area contributed by atoms with Crippen LogP contribution in [0.5, 0.6) is 11.5 Å². The molecular formula is C16H25NO5. The van der Waals surface area contributed by atoms with Gasteiger partial charge in [0.05, 0.1) is 26.9 Å². The minimum absolute atomic E-state index is 0.0416. The summed E-state index contributed by atoms with van der Waals surface area (Å²) in [7, 11) is 6.38. The van der Waals surface area contributed by atoms with Crippen molar-refractivity contribution >= 4 is 5.91 Å². The Morgan fingerprint density at radius 1 is 1.27 bits per heavy atom. The van der Waals surface area contributed by atoms with E-state index in [4.69, 9.17) is 14.2 Å². The lowest BCUT2D eigenvalue weighted by Gasteiger charge is -2.20. The molecule has 0 heterocycles. The summed E-state index contributed by atoms with van der Waals surface area (Å²) >= 11 is 0. The minimum Gasteiger partial charge on any atom is -0.497 e. The molecule has 0 saturated carbocycles. The van der Waals surface area contributed by atoms with E-state index in [1.54, 1.807) is 21.3 Å². The van der Waals surface area contributed by atoms with Crippen LogP contribution in [0.15, 0.2) is 18.2 Å². The summed E-state index contributed by atoms with van der Waals surface area (Å²) < 4.78 is 15.3. The Labute approximate surface area is 131 Å². The van der Waals surface area contributed by atoms with Gasteiger partial charge in [-0.05, 0) is 30.2 Å². The number of hydrogen-bond acceptors (Lipinski definition) is 5. The number of likely N-dealkylation sites (N-methyl/N-ethyl adjacent to an activating group) is 1. The molecule has 1 rings (SSSR count). The number of methoxy groups -OCH3 is 3. The van der Waals surface area contributed by atoms with Crippen LogP contribution in [-0.2, 0) is 16.0 Å². The lowest BCUT2D eigenvalue weighted by molar-refractivity contribution is -0.131.